The van der Waals surface area contributed by atoms with Crippen molar-refractivity contribution in [1.29, 1.82) is 0 Å². The normalized spacial score (nSPS) is 10.0. The van der Waals surface area contributed by atoms with E-state index in [-0.39, 0.29) is 12.6 Å². The highest BCUT2D eigenvalue weighted by atomic mass is 35.5. The summed E-state index contributed by atoms with van der Waals surface area (Å²) >= 11 is 5.89. The van der Waals surface area contributed by atoms with Gasteiger partial charge in [-0.05, 0) is 30.3 Å². The molecule has 0 spiro atoms. The second-order valence-electron chi connectivity index (χ2n) is 4.81. The molecule has 0 fully saturated rings. The van der Waals surface area contributed by atoms with Crippen molar-refractivity contribution < 1.29 is 19.0 Å². The third kappa shape index (κ3) is 4.23. The molecule has 0 heterocycles. The van der Waals surface area contributed by atoms with E-state index in [4.69, 9.17) is 25.8 Å². The fourth-order valence-corrected chi connectivity index (χ4v) is 2.41. The summed E-state index contributed by atoms with van der Waals surface area (Å²) in [6.07, 6.45) is 0. The number of nitrogens with one attached hydrogen (secondary N) is 2. The van der Waals surface area contributed by atoms with Gasteiger partial charge in [0, 0.05) is 22.8 Å². The number of hydrogen-bond donors (Lipinski definition) is 2. The molecule has 7 heteroatoms. The second-order valence-corrected chi connectivity index (χ2v) is 5.25. The zero-order valence-corrected chi connectivity index (χ0v) is 14.4. The van der Waals surface area contributed by atoms with Crippen LogP contribution in [0.2, 0.25) is 5.02 Å². The zero-order chi connectivity index (χ0) is 17.5. The van der Waals surface area contributed by atoms with Gasteiger partial charge >= 0.3 is 6.03 Å². The first-order chi connectivity index (χ1) is 11.6. The van der Waals surface area contributed by atoms with Crippen LogP contribution in [0.4, 0.5) is 10.5 Å². The molecular weight excluding hydrogens is 332 g/mol. The lowest BCUT2D eigenvalue weighted by atomic mass is 10.1. The summed E-state index contributed by atoms with van der Waals surface area (Å²) in [4.78, 5) is 12.0. The average Bonchev–Trinajstić information content (AvgIpc) is 2.58. The van der Waals surface area contributed by atoms with Crippen molar-refractivity contribution in [3.05, 3.63) is 47.0 Å². The Morgan fingerprint density at radius 1 is 1.04 bits per heavy atom. The largest absolute Gasteiger partial charge is 0.493 e. The van der Waals surface area contributed by atoms with Crippen LogP contribution in [0.3, 0.4) is 0 Å². The van der Waals surface area contributed by atoms with Crippen molar-refractivity contribution in [3.63, 3.8) is 0 Å². The van der Waals surface area contributed by atoms with Crippen LogP contribution in [0, 0.1) is 0 Å². The first-order valence-electron chi connectivity index (χ1n) is 7.17. The maximum absolute atomic E-state index is 12.0. The standard InChI is InChI=1S/C17H19ClN2O4/c1-22-14-8-7-11(15(23-2)16(14)24-3)10-19-17(21)20-13-6-4-5-12(18)9-13/h4-9H,10H2,1-3H3,(H2,19,20,21). The Balaban J connectivity index is 2.07. The van der Waals surface area contributed by atoms with Gasteiger partial charge in [-0.15, -0.1) is 0 Å². The number of amides is 2. The molecule has 0 saturated carbocycles. The lowest BCUT2D eigenvalue weighted by Gasteiger charge is -2.16. The minimum atomic E-state index is -0.353. The quantitative estimate of drug-likeness (QED) is 0.833. The van der Waals surface area contributed by atoms with Gasteiger partial charge in [0.05, 0.1) is 21.3 Å². The third-order valence-corrected chi connectivity index (χ3v) is 3.54. The Kier molecular flexibility index (Phi) is 6.14. The van der Waals surface area contributed by atoms with Gasteiger partial charge in [0.2, 0.25) is 5.75 Å². The van der Waals surface area contributed by atoms with Gasteiger partial charge in [0.1, 0.15) is 0 Å². The predicted octanol–water partition coefficient (Wildman–Crippen LogP) is 3.69. The fraction of sp³-hybridized carbons (Fsp3) is 0.235. The summed E-state index contributed by atoms with van der Waals surface area (Å²) in [5.74, 6) is 1.55. The monoisotopic (exact) mass is 350 g/mol. The number of carbonyl (C=O) groups is 1. The van der Waals surface area contributed by atoms with E-state index < -0.39 is 0 Å². The molecule has 0 unspecified atom stereocenters. The maximum Gasteiger partial charge on any atom is 0.319 e. The lowest BCUT2D eigenvalue weighted by molar-refractivity contribution is 0.251. The van der Waals surface area contributed by atoms with Crippen LogP contribution in [-0.4, -0.2) is 27.4 Å². The van der Waals surface area contributed by atoms with Crippen LogP contribution in [0.25, 0.3) is 0 Å². The van der Waals surface area contributed by atoms with E-state index >= 15 is 0 Å². The van der Waals surface area contributed by atoms with Gasteiger partial charge in [0.25, 0.3) is 0 Å². The van der Waals surface area contributed by atoms with Crippen LogP contribution in [-0.2, 0) is 6.54 Å². The Morgan fingerprint density at radius 3 is 2.42 bits per heavy atom. The van der Waals surface area contributed by atoms with Crippen molar-refractivity contribution in [2.75, 3.05) is 26.6 Å². The molecule has 0 aliphatic carbocycles. The number of hydrogen-bond acceptors (Lipinski definition) is 4. The van der Waals surface area contributed by atoms with Crippen molar-refractivity contribution in [1.82, 2.24) is 5.32 Å². The van der Waals surface area contributed by atoms with E-state index in [0.29, 0.717) is 28.0 Å². The molecule has 128 valence electrons. The van der Waals surface area contributed by atoms with Gasteiger partial charge in [-0.2, -0.15) is 0 Å². The molecule has 2 rings (SSSR count). The van der Waals surface area contributed by atoms with Crippen molar-refractivity contribution >= 4 is 23.3 Å². The summed E-state index contributed by atoms with van der Waals surface area (Å²) < 4.78 is 15.9. The molecule has 0 saturated heterocycles. The minimum Gasteiger partial charge on any atom is -0.493 e. The number of rotatable bonds is 6. The van der Waals surface area contributed by atoms with Crippen LogP contribution in [0.1, 0.15) is 5.56 Å². The highest BCUT2D eigenvalue weighted by molar-refractivity contribution is 6.30. The Morgan fingerprint density at radius 2 is 1.79 bits per heavy atom. The Hall–Kier alpha value is -2.60. The number of halogens is 1. The molecule has 0 aliphatic heterocycles. The molecule has 2 aromatic carbocycles. The van der Waals surface area contributed by atoms with Crippen molar-refractivity contribution in [2.45, 2.75) is 6.54 Å². The molecule has 2 aromatic rings. The van der Waals surface area contributed by atoms with E-state index in [1.807, 2.05) is 0 Å². The molecule has 24 heavy (non-hydrogen) atoms. The first-order valence-corrected chi connectivity index (χ1v) is 7.55. The summed E-state index contributed by atoms with van der Waals surface area (Å²) in [6, 6.07) is 10.1. The van der Waals surface area contributed by atoms with E-state index in [0.717, 1.165) is 5.56 Å². The Bertz CT molecular complexity index is 722. The predicted molar refractivity (Wildman–Crippen MR) is 93.4 cm³/mol. The molecule has 6 nitrogen and oxygen atoms in total. The van der Waals surface area contributed by atoms with Gasteiger partial charge in [0.15, 0.2) is 11.5 Å². The molecule has 0 atom stereocenters. The first kappa shape index (κ1) is 17.7. The van der Waals surface area contributed by atoms with Crippen LogP contribution >= 0.6 is 11.6 Å². The lowest BCUT2D eigenvalue weighted by Crippen LogP contribution is -2.28. The summed E-state index contributed by atoms with van der Waals surface area (Å²) in [6.45, 7) is 0.260. The number of benzene rings is 2. The fourth-order valence-electron chi connectivity index (χ4n) is 2.22. The summed E-state index contributed by atoms with van der Waals surface area (Å²) in [5, 5.41) is 6.02. The highest BCUT2D eigenvalue weighted by Gasteiger charge is 2.16. The molecule has 0 aliphatic rings. The third-order valence-electron chi connectivity index (χ3n) is 3.31. The van der Waals surface area contributed by atoms with Gasteiger partial charge in [-0.3, -0.25) is 0 Å². The second kappa shape index (κ2) is 8.31. The maximum atomic E-state index is 12.0. The molecule has 0 aromatic heterocycles. The number of carbonyl (C=O) groups excluding carboxylic acids is 1. The van der Waals surface area contributed by atoms with E-state index in [2.05, 4.69) is 10.6 Å². The number of methoxy groups -OCH3 is 3. The van der Waals surface area contributed by atoms with E-state index in [1.54, 1.807) is 43.5 Å². The van der Waals surface area contributed by atoms with Crippen LogP contribution in [0.5, 0.6) is 17.2 Å². The van der Waals surface area contributed by atoms with Gasteiger partial charge < -0.3 is 24.8 Å². The van der Waals surface area contributed by atoms with E-state index in [1.165, 1.54) is 14.2 Å². The highest BCUT2D eigenvalue weighted by Crippen LogP contribution is 2.39. The zero-order valence-electron chi connectivity index (χ0n) is 13.7. The van der Waals surface area contributed by atoms with Crippen LogP contribution in [0.15, 0.2) is 36.4 Å². The smallest absolute Gasteiger partial charge is 0.319 e. The average molecular weight is 351 g/mol. The van der Waals surface area contributed by atoms with Gasteiger partial charge in [-0.1, -0.05) is 17.7 Å². The number of urea groups is 1. The topological polar surface area (TPSA) is 68.8 Å². The molecular formula is C17H19ClN2O4. The summed E-state index contributed by atoms with van der Waals surface area (Å²) in [5.41, 5.74) is 1.37. The summed E-state index contributed by atoms with van der Waals surface area (Å²) in [7, 11) is 4.62. The van der Waals surface area contributed by atoms with Crippen molar-refractivity contribution in [3.8, 4) is 17.2 Å². The molecule has 2 N–H and O–H groups in total. The SMILES string of the molecule is COc1ccc(CNC(=O)Nc2cccc(Cl)c2)c(OC)c1OC. The van der Waals surface area contributed by atoms with E-state index in [9.17, 15) is 4.79 Å². The van der Waals surface area contributed by atoms with Crippen LogP contribution < -0.4 is 24.8 Å². The van der Waals surface area contributed by atoms with Gasteiger partial charge in [-0.25, -0.2) is 4.79 Å². The number of ether oxygens (including phenoxy) is 3. The van der Waals surface area contributed by atoms with Crippen molar-refractivity contribution in [2.24, 2.45) is 0 Å². The molecule has 2 amide bonds. The Labute approximate surface area is 145 Å². The molecule has 0 radical (unpaired) electrons. The number of anilines is 1. The minimum absolute atomic E-state index is 0.260. The molecule has 0 bridgehead atoms.